The third-order valence-electron chi connectivity index (χ3n) is 5.68. The summed E-state index contributed by atoms with van der Waals surface area (Å²) in [5, 5.41) is 4.68. The minimum absolute atomic E-state index is 0.0223. The highest BCUT2D eigenvalue weighted by Gasteiger charge is 2.18. The van der Waals surface area contributed by atoms with Gasteiger partial charge in [0.15, 0.2) is 0 Å². The van der Waals surface area contributed by atoms with E-state index in [1.807, 2.05) is 24.6 Å². The van der Waals surface area contributed by atoms with Crippen LogP contribution in [-0.2, 0) is 24.6 Å². The Morgan fingerprint density at radius 3 is 2.52 bits per heavy atom. The molecule has 0 aliphatic rings. The molecule has 1 aromatic heterocycles. The van der Waals surface area contributed by atoms with Crippen molar-refractivity contribution >= 4 is 34.5 Å². The summed E-state index contributed by atoms with van der Waals surface area (Å²) in [7, 11) is 8.30. The molecule has 0 spiro atoms. The number of esters is 1. The van der Waals surface area contributed by atoms with Crippen molar-refractivity contribution in [1.82, 2.24) is 14.8 Å². The van der Waals surface area contributed by atoms with E-state index in [0.29, 0.717) is 29.3 Å². The van der Waals surface area contributed by atoms with Gasteiger partial charge in [0.2, 0.25) is 0 Å². The van der Waals surface area contributed by atoms with Gasteiger partial charge in [0, 0.05) is 50.1 Å². The van der Waals surface area contributed by atoms with E-state index in [2.05, 4.69) is 23.5 Å². The van der Waals surface area contributed by atoms with Gasteiger partial charge in [-0.05, 0) is 48.7 Å². The second-order valence-corrected chi connectivity index (χ2v) is 8.68. The van der Waals surface area contributed by atoms with Crippen molar-refractivity contribution in [3.63, 3.8) is 0 Å². The number of benzene rings is 2. The maximum absolute atomic E-state index is 12.0. The summed E-state index contributed by atoms with van der Waals surface area (Å²) in [5.74, 6) is 0.185. The molecule has 0 saturated carbocycles. The van der Waals surface area contributed by atoms with Crippen LogP contribution in [0.15, 0.2) is 36.4 Å². The van der Waals surface area contributed by atoms with Crippen LogP contribution >= 0.6 is 11.6 Å². The SMILES string of the molecule is COC(=O)c1ccc(Cc2c(Cl)n(C)c3ccc(CC(C)NC(=O)N(C)C)cc23)c(OC)c1. The monoisotopic (exact) mass is 471 g/mol. The van der Waals surface area contributed by atoms with E-state index in [0.717, 1.165) is 27.6 Å². The van der Waals surface area contributed by atoms with Gasteiger partial charge in [-0.1, -0.05) is 23.7 Å². The Kier molecular flexibility index (Phi) is 7.53. The summed E-state index contributed by atoms with van der Waals surface area (Å²) in [6.45, 7) is 1.98. The molecule has 0 aliphatic heterocycles. The van der Waals surface area contributed by atoms with E-state index in [1.165, 1.54) is 12.0 Å². The number of halogens is 1. The van der Waals surface area contributed by atoms with Crippen molar-refractivity contribution in [3.05, 3.63) is 63.8 Å². The normalized spacial score (nSPS) is 11.8. The maximum Gasteiger partial charge on any atom is 0.337 e. The number of nitrogens with zero attached hydrogens (tertiary/aromatic N) is 2. The van der Waals surface area contributed by atoms with Crippen LogP contribution in [0.5, 0.6) is 5.75 Å². The van der Waals surface area contributed by atoms with Gasteiger partial charge in [0.05, 0.1) is 19.8 Å². The number of rotatable bonds is 7. The molecule has 1 N–H and O–H groups in total. The Labute approximate surface area is 199 Å². The van der Waals surface area contributed by atoms with Gasteiger partial charge in [0.1, 0.15) is 10.9 Å². The highest BCUT2D eigenvalue weighted by molar-refractivity contribution is 6.32. The minimum atomic E-state index is -0.414. The first-order chi connectivity index (χ1) is 15.7. The van der Waals surface area contributed by atoms with Gasteiger partial charge in [-0.25, -0.2) is 9.59 Å². The first-order valence-corrected chi connectivity index (χ1v) is 11.0. The van der Waals surface area contributed by atoms with E-state index >= 15 is 0 Å². The lowest BCUT2D eigenvalue weighted by molar-refractivity contribution is 0.0600. The molecule has 1 unspecified atom stereocenters. The lowest BCUT2D eigenvalue weighted by Crippen LogP contribution is -2.40. The van der Waals surface area contributed by atoms with Crippen molar-refractivity contribution in [2.24, 2.45) is 7.05 Å². The maximum atomic E-state index is 12.0. The predicted molar refractivity (Wildman–Crippen MR) is 130 cm³/mol. The molecule has 33 heavy (non-hydrogen) atoms. The molecule has 2 amide bonds. The fourth-order valence-electron chi connectivity index (χ4n) is 3.90. The minimum Gasteiger partial charge on any atom is -0.496 e. The zero-order valence-electron chi connectivity index (χ0n) is 19.9. The van der Waals surface area contributed by atoms with Crippen molar-refractivity contribution in [2.45, 2.75) is 25.8 Å². The molecular weight excluding hydrogens is 442 g/mol. The molecule has 0 fully saturated rings. The molecule has 3 aromatic rings. The van der Waals surface area contributed by atoms with E-state index in [1.54, 1.807) is 33.3 Å². The van der Waals surface area contributed by atoms with Gasteiger partial charge >= 0.3 is 12.0 Å². The van der Waals surface area contributed by atoms with Crippen LogP contribution in [0.2, 0.25) is 5.15 Å². The quantitative estimate of drug-likeness (QED) is 0.518. The summed E-state index contributed by atoms with van der Waals surface area (Å²) in [4.78, 5) is 25.4. The standard InChI is InChI=1S/C25H30ClN3O4/c1-15(27-25(31)28(2)3)11-16-7-10-21-19(12-16)20(23(26)29(21)4)13-17-8-9-18(24(30)33-6)14-22(17)32-5/h7-10,12,14-15H,11,13H2,1-6H3,(H,27,31). The Hall–Kier alpha value is -3.19. The number of ether oxygens (including phenoxy) is 2. The highest BCUT2D eigenvalue weighted by atomic mass is 35.5. The van der Waals surface area contributed by atoms with Crippen molar-refractivity contribution < 1.29 is 19.1 Å². The number of urea groups is 1. The van der Waals surface area contributed by atoms with E-state index in [4.69, 9.17) is 21.1 Å². The van der Waals surface area contributed by atoms with Crippen LogP contribution in [0, 0.1) is 0 Å². The van der Waals surface area contributed by atoms with Gasteiger partial charge in [-0.2, -0.15) is 0 Å². The molecule has 8 heteroatoms. The number of carbonyl (C=O) groups is 2. The van der Waals surface area contributed by atoms with Crippen LogP contribution < -0.4 is 10.1 Å². The third-order valence-corrected chi connectivity index (χ3v) is 6.17. The predicted octanol–water partition coefficient (Wildman–Crippen LogP) is 4.42. The summed E-state index contributed by atoms with van der Waals surface area (Å²) in [6.07, 6.45) is 1.23. The lowest BCUT2D eigenvalue weighted by Gasteiger charge is -2.18. The van der Waals surface area contributed by atoms with Gasteiger partial charge in [-0.15, -0.1) is 0 Å². The number of methoxy groups -OCH3 is 2. The summed E-state index contributed by atoms with van der Waals surface area (Å²) in [5.41, 5.74) is 4.44. The largest absolute Gasteiger partial charge is 0.496 e. The topological polar surface area (TPSA) is 72.8 Å². The van der Waals surface area contributed by atoms with Crippen molar-refractivity contribution in [2.75, 3.05) is 28.3 Å². The number of amides is 2. The van der Waals surface area contributed by atoms with Crippen LogP contribution in [0.1, 0.15) is 34.0 Å². The van der Waals surface area contributed by atoms with Gasteiger partial charge in [0.25, 0.3) is 0 Å². The zero-order chi connectivity index (χ0) is 24.3. The molecular formula is C25H30ClN3O4. The van der Waals surface area contributed by atoms with Crippen molar-refractivity contribution in [1.29, 1.82) is 0 Å². The summed E-state index contributed by atoms with van der Waals surface area (Å²) in [6, 6.07) is 11.4. The Morgan fingerprint density at radius 1 is 1.15 bits per heavy atom. The number of carbonyl (C=O) groups excluding carboxylic acids is 2. The molecule has 1 atom stereocenters. The second-order valence-electron chi connectivity index (χ2n) is 8.32. The average molecular weight is 472 g/mol. The van der Waals surface area contributed by atoms with E-state index in [-0.39, 0.29) is 12.1 Å². The Morgan fingerprint density at radius 2 is 1.88 bits per heavy atom. The fourth-order valence-corrected chi connectivity index (χ4v) is 4.16. The van der Waals surface area contributed by atoms with Crippen LogP contribution in [0.25, 0.3) is 10.9 Å². The highest BCUT2D eigenvalue weighted by Crippen LogP contribution is 2.34. The molecule has 0 radical (unpaired) electrons. The Balaban J connectivity index is 1.95. The first kappa shape index (κ1) is 24.5. The number of fused-ring (bicyclic) bond motifs is 1. The number of nitrogens with one attached hydrogen (secondary N) is 1. The average Bonchev–Trinajstić information content (AvgIpc) is 3.02. The van der Waals surface area contributed by atoms with Gasteiger partial charge < -0.3 is 24.3 Å². The molecule has 1 heterocycles. The lowest BCUT2D eigenvalue weighted by atomic mass is 9.99. The molecule has 176 valence electrons. The van der Waals surface area contributed by atoms with Crippen LogP contribution in [0.4, 0.5) is 4.79 Å². The molecule has 0 aliphatic carbocycles. The Bertz CT molecular complexity index is 1190. The number of aromatic nitrogens is 1. The molecule has 0 saturated heterocycles. The molecule has 3 rings (SSSR count). The molecule has 0 bridgehead atoms. The number of hydrogen-bond donors (Lipinski definition) is 1. The van der Waals surface area contributed by atoms with E-state index < -0.39 is 5.97 Å². The smallest absolute Gasteiger partial charge is 0.337 e. The molecule has 7 nitrogen and oxygen atoms in total. The zero-order valence-corrected chi connectivity index (χ0v) is 20.6. The summed E-state index contributed by atoms with van der Waals surface area (Å²) < 4.78 is 12.3. The van der Waals surface area contributed by atoms with Crippen LogP contribution in [-0.4, -0.2) is 55.8 Å². The fraction of sp³-hybridized carbons (Fsp3) is 0.360. The first-order valence-electron chi connectivity index (χ1n) is 10.6. The number of hydrogen-bond acceptors (Lipinski definition) is 4. The third kappa shape index (κ3) is 5.25. The van der Waals surface area contributed by atoms with E-state index in [9.17, 15) is 9.59 Å². The summed E-state index contributed by atoms with van der Waals surface area (Å²) >= 11 is 6.73. The van der Waals surface area contributed by atoms with Crippen LogP contribution in [0.3, 0.4) is 0 Å². The second kappa shape index (κ2) is 10.2. The number of aryl methyl sites for hydroxylation is 1. The molecule has 2 aromatic carbocycles. The van der Waals surface area contributed by atoms with Gasteiger partial charge in [-0.3, -0.25) is 0 Å². The van der Waals surface area contributed by atoms with Crippen molar-refractivity contribution in [3.8, 4) is 5.75 Å².